The molecule has 1 aromatic heterocycles. The lowest BCUT2D eigenvalue weighted by molar-refractivity contribution is 0.775. The van der Waals surface area contributed by atoms with Crippen molar-refractivity contribution in [3.8, 4) is 0 Å². The summed E-state index contributed by atoms with van der Waals surface area (Å²) in [7, 11) is 1.82. The predicted octanol–water partition coefficient (Wildman–Crippen LogP) is 2.75. The molecule has 1 saturated carbocycles. The molecule has 0 bridgehead atoms. The van der Waals surface area contributed by atoms with E-state index >= 15 is 0 Å². The fourth-order valence-corrected chi connectivity index (χ4v) is 2.61. The summed E-state index contributed by atoms with van der Waals surface area (Å²) in [5.41, 5.74) is 2.01. The molecule has 0 spiro atoms. The first-order valence-electron chi connectivity index (χ1n) is 6.56. The van der Waals surface area contributed by atoms with Crippen molar-refractivity contribution >= 4 is 16.6 Å². The van der Waals surface area contributed by atoms with Gasteiger partial charge in [0.1, 0.15) is 0 Å². The number of pyridine rings is 1. The van der Waals surface area contributed by atoms with Crippen LogP contribution in [0.4, 0.5) is 5.69 Å². The summed E-state index contributed by atoms with van der Waals surface area (Å²) in [5.74, 6) is 0.771. The third-order valence-electron chi connectivity index (χ3n) is 3.94. The Labute approximate surface area is 106 Å². The van der Waals surface area contributed by atoms with Crippen LogP contribution in [0.5, 0.6) is 0 Å². The van der Waals surface area contributed by atoms with Crippen molar-refractivity contribution in [1.82, 2.24) is 4.57 Å². The van der Waals surface area contributed by atoms with Crippen LogP contribution in [0, 0.1) is 5.92 Å². The van der Waals surface area contributed by atoms with Gasteiger partial charge in [0.25, 0.3) is 5.56 Å². The number of anilines is 1. The minimum absolute atomic E-state index is 0.0462. The van der Waals surface area contributed by atoms with Crippen LogP contribution in [0.2, 0.25) is 0 Å². The molecule has 94 valence electrons. The summed E-state index contributed by atoms with van der Waals surface area (Å²) in [6, 6.07) is 10.3. The predicted molar refractivity (Wildman–Crippen MR) is 75.0 cm³/mol. The van der Waals surface area contributed by atoms with Gasteiger partial charge < -0.3 is 9.88 Å². The number of aryl methyl sites for hydroxylation is 1. The zero-order valence-corrected chi connectivity index (χ0v) is 10.8. The molecule has 1 aliphatic carbocycles. The van der Waals surface area contributed by atoms with Crippen molar-refractivity contribution in [1.29, 1.82) is 0 Å². The Balaban J connectivity index is 2.06. The Morgan fingerprint density at radius 2 is 2.17 bits per heavy atom. The fourth-order valence-electron chi connectivity index (χ4n) is 2.61. The number of hydrogen-bond acceptors (Lipinski definition) is 2. The number of hydrogen-bond donors (Lipinski definition) is 1. The monoisotopic (exact) mass is 242 g/mol. The molecule has 1 aromatic carbocycles. The van der Waals surface area contributed by atoms with Gasteiger partial charge in [-0.15, -0.1) is 0 Å². The van der Waals surface area contributed by atoms with E-state index in [2.05, 4.69) is 18.3 Å². The van der Waals surface area contributed by atoms with Crippen molar-refractivity contribution in [2.24, 2.45) is 13.0 Å². The van der Waals surface area contributed by atoms with Crippen molar-refractivity contribution in [3.05, 3.63) is 40.7 Å². The highest BCUT2D eigenvalue weighted by Gasteiger charge is 2.35. The fraction of sp³-hybridized carbons (Fsp3) is 0.400. The summed E-state index contributed by atoms with van der Waals surface area (Å²) in [4.78, 5) is 11.9. The van der Waals surface area contributed by atoms with Crippen LogP contribution in [0.15, 0.2) is 35.1 Å². The van der Waals surface area contributed by atoms with E-state index in [-0.39, 0.29) is 5.56 Å². The van der Waals surface area contributed by atoms with E-state index in [1.165, 1.54) is 12.8 Å². The van der Waals surface area contributed by atoms with Crippen LogP contribution < -0.4 is 10.9 Å². The normalized spacial score (nSPS) is 22.1. The molecule has 2 atom stereocenters. The molecule has 2 unspecified atom stereocenters. The Hall–Kier alpha value is -1.77. The van der Waals surface area contributed by atoms with Crippen LogP contribution in [-0.2, 0) is 7.05 Å². The topological polar surface area (TPSA) is 34.0 Å². The van der Waals surface area contributed by atoms with Crippen LogP contribution in [-0.4, -0.2) is 10.6 Å². The number of fused-ring (bicyclic) bond motifs is 1. The molecule has 1 N–H and O–H groups in total. The number of nitrogens with one attached hydrogen (secondary N) is 1. The standard InChI is InChI=1S/C15H18N2O/c1-3-10-8-12(10)16-13-9-15(18)17(2)14-7-5-4-6-11(13)14/h4-7,9-10,12,16H,3,8H2,1-2H3. The van der Waals surface area contributed by atoms with Gasteiger partial charge in [-0.2, -0.15) is 0 Å². The summed E-state index contributed by atoms with van der Waals surface area (Å²) in [6.45, 7) is 2.22. The van der Waals surface area contributed by atoms with E-state index in [0.717, 1.165) is 22.5 Å². The minimum atomic E-state index is 0.0462. The molecular formula is C15H18N2O. The molecule has 3 nitrogen and oxygen atoms in total. The first-order chi connectivity index (χ1) is 8.70. The molecule has 0 amide bonds. The average Bonchev–Trinajstić information content (AvgIpc) is 3.14. The third-order valence-corrected chi connectivity index (χ3v) is 3.94. The highest BCUT2D eigenvalue weighted by atomic mass is 16.1. The van der Waals surface area contributed by atoms with Crippen LogP contribution in [0.3, 0.4) is 0 Å². The lowest BCUT2D eigenvalue weighted by Gasteiger charge is -2.11. The Morgan fingerprint density at radius 3 is 2.89 bits per heavy atom. The Kier molecular flexibility index (Phi) is 2.62. The Morgan fingerprint density at radius 1 is 1.39 bits per heavy atom. The maximum absolute atomic E-state index is 11.9. The van der Waals surface area contributed by atoms with Crippen molar-refractivity contribution < 1.29 is 0 Å². The van der Waals surface area contributed by atoms with E-state index in [1.54, 1.807) is 10.6 Å². The quantitative estimate of drug-likeness (QED) is 0.898. The van der Waals surface area contributed by atoms with Gasteiger partial charge in [0.05, 0.1) is 5.52 Å². The lowest BCUT2D eigenvalue weighted by atomic mass is 10.1. The van der Waals surface area contributed by atoms with Gasteiger partial charge in [-0.3, -0.25) is 4.79 Å². The molecule has 1 heterocycles. The van der Waals surface area contributed by atoms with E-state index in [9.17, 15) is 4.79 Å². The number of benzene rings is 1. The molecule has 1 fully saturated rings. The summed E-state index contributed by atoms with van der Waals surface area (Å²) < 4.78 is 1.70. The first-order valence-corrected chi connectivity index (χ1v) is 6.56. The molecule has 0 saturated heterocycles. The summed E-state index contributed by atoms with van der Waals surface area (Å²) in [5, 5.41) is 4.64. The number of aromatic nitrogens is 1. The maximum Gasteiger partial charge on any atom is 0.252 e. The zero-order valence-electron chi connectivity index (χ0n) is 10.8. The van der Waals surface area contributed by atoms with Crippen LogP contribution in [0.1, 0.15) is 19.8 Å². The molecule has 0 aliphatic heterocycles. The van der Waals surface area contributed by atoms with Gasteiger partial charge in [0, 0.05) is 30.2 Å². The highest BCUT2D eigenvalue weighted by molar-refractivity contribution is 5.91. The Bertz CT molecular complexity index is 644. The van der Waals surface area contributed by atoms with Crippen molar-refractivity contribution in [2.75, 3.05) is 5.32 Å². The SMILES string of the molecule is CCC1CC1Nc1cc(=O)n(C)c2ccccc12. The van der Waals surface area contributed by atoms with Gasteiger partial charge in [-0.25, -0.2) is 0 Å². The van der Waals surface area contributed by atoms with Crippen LogP contribution >= 0.6 is 0 Å². The molecule has 2 aromatic rings. The smallest absolute Gasteiger partial charge is 0.252 e. The van der Waals surface area contributed by atoms with E-state index in [1.807, 2.05) is 25.2 Å². The molecule has 1 aliphatic rings. The molecular weight excluding hydrogens is 224 g/mol. The van der Waals surface area contributed by atoms with Gasteiger partial charge in [0.15, 0.2) is 0 Å². The summed E-state index contributed by atoms with van der Waals surface area (Å²) >= 11 is 0. The largest absolute Gasteiger partial charge is 0.381 e. The minimum Gasteiger partial charge on any atom is -0.381 e. The lowest BCUT2D eigenvalue weighted by Crippen LogP contribution is -2.18. The molecule has 3 heteroatoms. The summed E-state index contributed by atoms with van der Waals surface area (Å²) in [6.07, 6.45) is 2.43. The van der Waals surface area contributed by atoms with E-state index < -0.39 is 0 Å². The second-order valence-electron chi connectivity index (χ2n) is 5.13. The van der Waals surface area contributed by atoms with Gasteiger partial charge in [-0.1, -0.05) is 31.5 Å². The van der Waals surface area contributed by atoms with Crippen molar-refractivity contribution in [3.63, 3.8) is 0 Å². The molecule has 18 heavy (non-hydrogen) atoms. The number of para-hydroxylation sites is 1. The number of nitrogens with zero attached hydrogens (tertiary/aromatic N) is 1. The second kappa shape index (κ2) is 4.16. The van der Waals surface area contributed by atoms with Gasteiger partial charge >= 0.3 is 0 Å². The maximum atomic E-state index is 11.9. The first kappa shape index (κ1) is 11.3. The zero-order chi connectivity index (χ0) is 12.7. The van der Waals surface area contributed by atoms with Gasteiger partial charge in [0.2, 0.25) is 0 Å². The van der Waals surface area contributed by atoms with Crippen LogP contribution in [0.25, 0.3) is 10.9 Å². The second-order valence-corrected chi connectivity index (χ2v) is 5.13. The number of rotatable bonds is 3. The average molecular weight is 242 g/mol. The van der Waals surface area contributed by atoms with E-state index in [4.69, 9.17) is 0 Å². The van der Waals surface area contributed by atoms with E-state index in [0.29, 0.717) is 6.04 Å². The van der Waals surface area contributed by atoms with Gasteiger partial charge in [-0.05, 0) is 18.4 Å². The third kappa shape index (κ3) is 1.80. The molecule has 3 rings (SSSR count). The van der Waals surface area contributed by atoms with Crippen molar-refractivity contribution in [2.45, 2.75) is 25.8 Å². The highest BCUT2D eigenvalue weighted by Crippen LogP contribution is 2.37. The molecule has 0 radical (unpaired) electrons.